The van der Waals surface area contributed by atoms with Gasteiger partial charge in [0.05, 0.1) is 12.0 Å². The lowest BCUT2D eigenvalue weighted by molar-refractivity contribution is 0.0450. The van der Waals surface area contributed by atoms with Gasteiger partial charge >= 0.3 is 0 Å². The zero-order valence-electron chi connectivity index (χ0n) is 14.3. The Hall–Kier alpha value is -2.43. The molecule has 1 saturated heterocycles. The number of benzene rings is 2. The van der Waals surface area contributed by atoms with Crippen LogP contribution in [-0.4, -0.2) is 32.6 Å². The second-order valence-electron chi connectivity index (χ2n) is 6.86. The van der Waals surface area contributed by atoms with Crippen LogP contribution in [0.5, 0.6) is 0 Å². The van der Waals surface area contributed by atoms with Crippen LogP contribution in [0.3, 0.4) is 0 Å². The molecule has 128 valence electrons. The molecule has 0 unspecified atom stereocenters. The molecule has 0 amide bonds. The molecule has 1 N–H and O–H groups in total. The summed E-state index contributed by atoms with van der Waals surface area (Å²) in [6.07, 6.45) is 4.59. The van der Waals surface area contributed by atoms with Gasteiger partial charge < -0.3 is 9.67 Å². The van der Waals surface area contributed by atoms with E-state index in [0.717, 1.165) is 31.6 Å². The van der Waals surface area contributed by atoms with Crippen molar-refractivity contribution in [2.24, 2.45) is 0 Å². The SMILES string of the molecule is O[C@]1(c2ccccc2)CCN(Cc2cncn2Cc2ccccc2)C1. The molecule has 0 spiro atoms. The molecule has 2 aromatic carbocycles. The summed E-state index contributed by atoms with van der Waals surface area (Å²) in [5.74, 6) is 0. The fourth-order valence-electron chi connectivity index (χ4n) is 3.62. The maximum Gasteiger partial charge on any atom is 0.103 e. The number of aromatic nitrogens is 2. The number of nitrogens with zero attached hydrogens (tertiary/aromatic N) is 3. The van der Waals surface area contributed by atoms with Gasteiger partial charge in [0.1, 0.15) is 5.60 Å². The number of rotatable bonds is 5. The monoisotopic (exact) mass is 333 g/mol. The molecule has 2 heterocycles. The summed E-state index contributed by atoms with van der Waals surface area (Å²) in [5.41, 5.74) is 2.71. The Kier molecular flexibility index (Phi) is 4.38. The van der Waals surface area contributed by atoms with Crippen molar-refractivity contribution in [1.29, 1.82) is 0 Å². The summed E-state index contributed by atoms with van der Waals surface area (Å²) in [6.45, 7) is 3.18. The van der Waals surface area contributed by atoms with E-state index in [9.17, 15) is 5.11 Å². The zero-order chi connectivity index (χ0) is 17.1. The van der Waals surface area contributed by atoms with Gasteiger partial charge in [-0.1, -0.05) is 60.7 Å². The van der Waals surface area contributed by atoms with Crippen molar-refractivity contribution in [2.45, 2.75) is 25.1 Å². The standard InChI is InChI=1S/C21H23N3O/c25-21(19-9-5-2-6-10-19)11-12-23(16-21)15-20-13-22-17-24(20)14-18-7-3-1-4-8-18/h1-10,13,17,25H,11-12,14-16H2/t21-/m1/s1. The second kappa shape index (κ2) is 6.82. The third kappa shape index (κ3) is 3.50. The molecule has 1 aliphatic heterocycles. The molecular formula is C21H23N3O. The number of β-amino-alcohol motifs (C(OH)–C–C–N with tert-alkyl or cyclic N) is 1. The quantitative estimate of drug-likeness (QED) is 0.780. The van der Waals surface area contributed by atoms with Gasteiger partial charge in [-0.2, -0.15) is 0 Å². The summed E-state index contributed by atoms with van der Waals surface area (Å²) in [4.78, 5) is 6.64. The molecule has 25 heavy (non-hydrogen) atoms. The van der Waals surface area contributed by atoms with Gasteiger partial charge in [-0.3, -0.25) is 4.90 Å². The lowest BCUT2D eigenvalue weighted by atomic mass is 9.93. The predicted octanol–water partition coefficient (Wildman–Crippen LogP) is 3.02. The van der Waals surface area contributed by atoms with E-state index in [4.69, 9.17) is 0 Å². The number of hydrogen-bond donors (Lipinski definition) is 1. The maximum absolute atomic E-state index is 11.0. The van der Waals surface area contributed by atoms with Crippen molar-refractivity contribution in [3.05, 3.63) is 90.0 Å². The zero-order valence-corrected chi connectivity index (χ0v) is 14.3. The van der Waals surface area contributed by atoms with Crippen LogP contribution in [-0.2, 0) is 18.7 Å². The Morgan fingerprint density at radius 1 is 0.960 bits per heavy atom. The highest BCUT2D eigenvalue weighted by Gasteiger charge is 2.37. The average Bonchev–Trinajstić information content (AvgIpc) is 3.25. The van der Waals surface area contributed by atoms with Gasteiger partial charge in [-0.05, 0) is 17.5 Å². The first kappa shape index (κ1) is 16.1. The van der Waals surface area contributed by atoms with Crippen LogP contribution in [0.2, 0.25) is 0 Å². The third-order valence-corrected chi connectivity index (χ3v) is 5.02. The van der Waals surface area contributed by atoms with Gasteiger partial charge in [0.25, 0.3) is 0 Å². The lowest BCUT2D eigenvalue weighted by Crippen LogP contribution is -2.31. The van der Waals surface area contributed by atoms with Gasteiger partial charge in [0.15, 0.2) is 0 Å². The molecule has 4 heteroatoms. The van der Waals surface area contributed by atoms with Crippen molar-refractivity contribution < 1.29 is 5.11 Å². The van der Waals surface area contributed by atoms with E-state index in [1.807, 2.05) is 48.9 Å². The minimum absolute atomic E-state index is 0.660. The summed E-state index contributed by atoms with van der Waals surface area (Å²) >= 11 is 0. The smallest absolute Gasteiger partial charge is 0.103 e. The van der Waals surface area contributed by atoms with E-state index in [1.165, 1.54) is 11.3 Å². The van der Waals surface area contributed by atoms with E-state index in [2.05, 4.69) is 38.7 Å². The van der Waals surface area contributed by atoms with Gasteiger partial charge in [-0.25, -0.2) is 4.98 Å². The molecule has 4 nitrogen and oxygen atoms in total. The Morgan fingerprint density at radius 3 is 2.44 bits per heavy atom. The first-order chi connectivity index (χ1) is 12.2. The topological polar surface area (TPSA) is 41.3 Å². The molecule has 0 bridgehead atoms. The minimum Gasteiger partial charge on any atom is -0.384 e. The highest BCUT2D eigenvalue weighted by atomic mass is 16.3. The summed E-state index contributed by atoms with van der Waals surface area (Å²) in [6, 6.07) is 20.4. The fourth-order valence-corrected chi connectivity index (χ4v) is 3.62. The van der Waals surface area contributed by atoms with Gasteiger partial charge in [0.2, 0.25) is 0 Å². The number of aliphatic hydroxyl groups is 1. The van der Waals surface area contributed by atoms with Crippen molar-refractivity contribution in [3.63, 3.8) is 0 Å². The predicted molar refractivity (Wildman–Crippen MR) is 98.0 cm³/mol. The first-order valence-electron chi connectivity index (χ1n) is 8.76. The minimum atomic E-state index is -0.745. The van der Waals surface area contributed by atoms with Gasteiger partial charge in [-0.15, -0.1) is 0 Å². The van der Waals surface area contributed by atoms with Crippen LogP contribution in [0.4, 0.5) is 0 Å². The molecule has 0 saturated carbocycles. The molecular weight excluding hydrogens is 310 g/mol. The highest BCUT2D eigenvalue weighted by molar-refractivity contribution is 5.24. The van der Waals surface area contributed by atoms with Crippen molar-refractivity contribution in [3.8, 4) is 0 Å². The Bertz CT molecular complexity index is 815. The Balaban J connectivity index is 1.45. The van der Waals surface area contributed by atoms with E-state index in [-0.39, 0.29) is 0 Å². The van der Waals surface area contributed by atoms with Crippen LogP contribution in [0, 0.1) is 0 Å². The van der Waals surface area contributed by atoms with E-state index in [0.29, 0.717) is 6.54 Å². The molecule has 0 aliphatic carbocycles. The van der Waals surface area contributed by atoms with Crippen LogP contribution in [0.1, 0.15) is 23.2 Å². The summed E-state index contributed by atoms with van der Waals surface area (Å²) < 4.78 is 2.19. The molecule has 0 radical (unpaired) electrons. The Morgan fingerprint density at radius 2 is 1.68 bits per heavy atom. The first-order valence-corrected chi connectivity index (χ1v) is 8.76. The van der Waals surface area contributed by atoms with Crippen LogP contribution >= 0.6 is 0 Å². The molecule has 1 atom stereocenters. The fraction of sp³-hybridized carbons (Fsp3) is 0.286. The largest absolute Gasteiger partial charge is 0.384 e. The molecule has 1 aromatic heterocycles. The van der Waals surface area contributed by atoms with Crippen molar-refractivity contribution in [2.75, 3.05) is 13.1 Å². The summed E-state index contributed by atoms with van der Waals surface area (Å²) in [7, 11) is 0. The molecule has 1 fully saturated rings. The van der Waals surface area contributed by atoms with E-state index < -0.39 is 5.60 Å². The number of imidazole rings is 1. The van der Waals surface area contributed by atoms with E-state index in [1.54, 1.807) is 0 Å². The second-order valence-corrected chi connectivity index (χ2v) is 6.86. The van der Waals surface area contributed by atoms with Crippen molar-refractivity contribution in [1.82, 2.24) is 14.5 Å². The van der Waals surface area contributed by atoms with E-state index >= 15 is 0 Å². The van der Waals surface area contributed by atoms with Crippen LogP contribution < -0.4 is 0 Å². The number of hydrogen-bond acceptors (Lipinski definition) is 3. The van der Waals surface area contributed by atoms with Gasteiger partial charge in [0, 0.05) is 32.4 Å². The molecule has 1 aliphatic rings. The molecule has 4 rings (SSSR count). The Labute approximate surface area is 148 Å². The third-order valence-electron chi connectivity index (χ3n) is 5.02. The van der Waals surface area contributed by atoms with Crippen LogP contribution in [0.15, 0.2) is 73.2 Å². The lowest BCUT2D eigenvalue weighted by Gasteiger charge is -2.24. The maximum atomic E-state index is 11.0. The highest BCUT2D eigenvalue weighted by Crippen LogP contribution is 2.32. The average molecular weight is 333 g/mol. The normalized spacial score (nSPS) is 20.8. The van der Waals surface area contributed by atoms with Crippen LogP contribution in [0.25, 0.3) is 0 Å². The summed E-state index contributed by atoms with van der Waals surface area (Å²) in [5, 5.41) is 11.0. The van der Waals surface area contributed by atoms with Crippen molar-refractivity contribution >= 4 is 0 Å². The molecule has 3 aromatic rings. The number of likely N-dealkylation sites (tertiary alicyclic amines) is 1.